The molecule has 1 unspecified atom stereocenters. The van der Waals surface area contributed by atoms with E-state index >= 15 is 0 Å². The van der Waals surface area contributed by atoms with Gasteiger partial charge in [0.05, 0.1) is 22.4 Å². The summed E-state index contributed by atoms with van der Waals surface area (Å²) in [5.74, 6) is 0. The molecule has 0 saturated carbocycles. The lowest BCUT2D eigenvalue weighted by molar-refractivity contribution is 1.18. The summed E-state index contributed by atoms with van der Waals surface area (Å²) in [4.78, 5) is 0. The third kappa shape index (κ3) is 4.32. The number of para-hydroxylation sites is 4. The number of rotatable bonds is 5. The van der Waals surface area contributed by atoms with Gasteiger partial charge in [0.25, 0.3) is 0 Å². The molecule has 218 valence electrons. The van der Waals surface area contributed by atoms with E-state index in [9.17, 15) is 0 Å². The number of nitrogens with zero attached hydrogens (tertiary/aromatic N) is 3. The highest BCUT2D eigenvalue weighted by Crippen LogP contribution is 2.65. The van der Waals surface area contributed by atoms with Crippen molar-refractivity contribution in [3.63, 3.8) is 0 Å². The molecule has 1 aliphatic heterocycles. The summed E-state index contributed by atoms with van der Waals surface area (Å²) in [5.41, 5.74) is 10.8. The Balaban J connectivity index is 1.25. The molecule has 0 N–H and O–H groups in total. The molecule has 7 aromatic carbocycles. The molecule has 0 fully saturated rings. The normalized spacial score (nSPS) is 14.2. The van der Waals surface area contributed by atoms with Crippen LogP contribution in [0.2, 0.25) is 0 Å². The predicted octanol–water partition coefficient (Wildman–Crippen LogP) is 11.4. The monoisotopic (exact) mass is 607 g/mol. The van der Waals surface area contributed by atoms with Crippen molar-refractivity contribution in [2.24, 2.45) is 0 Å². The summed E-state index contributed by atoms with van der Waals surface area (Å²) in [5, 5.41) is 3.83. The minimum atomic E-state index is -0.939. The molecule has 0 bridgehead atoms. The van der Waals surface area contributed by atoms with Crippen LogP contribution >= 0.6 is 8.22 Å². The van der Waals surface area contributed by atoms with Crippen LogP contribution < -0.4 is 14.6 Å². The van der Waals surface area contributed by atoms with Crippen molar-refractivity contribution >= 4 is 58.1 Å². The van der Waals surface area contributed by atoms with Gasteiger partial charge in [-0.25, -0.2) is 0 Å². The Labute approximate surface area is 270 Å². The summed E-state index contributed by atoms with van der Waals surface area (Å²) in [6.07, 6.45) is 0. The number of hydrogen-bond acceptors (Lipinski definition) is 2. The first-order valence-electron chi connectivity index (χ1n) is 15.6. The van der Waals surface area contributed by atoms with Gasteiger partial charge in [0.1, 0.15) is 8.22 Å². The number of hydrogen-bond donors (Lipinski definition) is 0. The Hall–Kier alpha value is -5.63. The van der Waals surface area contributed by atoms with E-state index in [0.717, 1.165) is 0 Å². The molecule has 9 rings (SSSR count). The summed E-state index contributed by atoms with van der Waals surface area (Å²) >= 11 is 0. The van der Waals surface area contributed by atoms with E-state index in [4.69, 9.17) is 0 Å². The van der Waals surface area contributed by atoms with Crippen molar-refractivity contribution in [2.75, 3.05) is 9.34 Å². The van der Waals surface area contributed by atoms with Crippen LogP contribution in [0.15, 0.2) is 182 Å². The molecule has 0 radical (unpaired) electrons. The van der Waals surface area contributed by atoms with Gasteiger partial charge in [-0.05, 0) is 77.9 Å². The number of anilines is 4. The smallest absolute Gasteiger partial charge is 0.138 e. The van der Waals surface area contributed by atoms with Crippen LogP contribution in [0.3, 0.4) is 0 Å². The van der Waals surface area contributed by atoms with Gasteiger partial charge >= 0.3 is 0 Å². The van der Waals surface area contributed by atoms with Gasteiger partial charge in [0.15, 0.2) is 0 Å². The minimum Gasteiger partial charge on any atom is -0.309 e. The fraction of sp³-hybridized carbons (Fsp3) is 0. The standard InChI is InChI=1S/C42H30N3P/c1-5-15-33(16-6-1)43-39-24-14-13-23-37(39)38-29-31(25-27-40(38)43)32-26-28-41-42(30-32)45(35-19-9-3-10-20-35)46(36-21-11-4-12-22-36)44(41)34-17-7-2-8-18-34/h1-30H. The molecule has 46 heavy (non-hydrogen) atoms. The van der Waals surface area contributed by atoms with E-state index in [1.165, 1.54) is 66.7 Å². The zero-order chi connectivity index (χ0) is 30.5. The van der Waals surface area contributed by atoms with Crippen LogP contribution in [0.5, 0.6) is 0 Å². The fourth-order valence-electron chi connectivity index (χ4n) is 6.78. The van der Waals surface area contributed by atoms with Gasteiger partial charge in [0, 0.05) is 33.1 Å². The van der Waals surface area contributed by atoms with Crippen molar-refractivity contribution in [1.29, 1.82) is 0 Å². The topological polar surface area (TPSA) is 11.4 Å². The zero-order valence-corrected chi connectivity index (χ0v) is 26.0. The van der Waals surface area contributed by atoms with E-state index in [0.29, 0.717) is 0 Å². The van der Waals surface area contributed by atoms with Crippen molar-refractivity contribution in [1.82, 2.24) is 4.57 Å². The van der Waals surface area contributed by atoms with Crippen molar-refractivity contribution in [3.05, 3.63) is 182 Å². The average molecular weight is 608 g/mol. The second-order valence-electron chi connectivity index (χ2n) is 11.5. The summed E-state index contributed by atoms with van der Waals surface area (Å²) < 4.78 is 7.46. The van der Waals surface area contributed by atoms with Gasteiger partial charge < -0.3 is 4.57 Å². The quantitative estimate of drug-likeness (QED) is 0.180. The van der Waals surface area contributed by atoms with Crippen LogP contribution in [0.1, 0.15) is 0 Å². The Bertz CT molecular complexity index is 2320. The van der Waals surface area contributed by atoms with E-state index in [2.05, 4.69) is 196 Å². The van der Waals surface area contributed by atoms with Gasteiger partial charge in [-0.2, -0.15) is 0 Å². The molecule has 0 saturated heterocycles. The highest BCUT2D eigenvalue weighted by molar-refractivity contribution is 7.70. The Morgan fingerprint density at radius 2 is 0.848 bits per heavy atom. The lowest BCUT2D eigenvalue weighted by Crippen LogP contribution is -2.21. The molecule has 1 aliphatic rings. The van der Waals surface area contributed by atoms with Crippen LogP contribution in [-0.2, 0) is 0 Å². The maximum atomic E-state index is 2.55. The molecule has 0 amide bonds. The third-order valence-corrected chi connectivity index (χ3v) is 11.2. The first-order chi connectivity index (χ1) is 22.8. The average Bonchev–Trinajstić information content (AvgIpc) is 3.66. The van der Waals surface area contributed by atoms with E-state index < -0.39 is 8.22 Å². The zero-order valence-electron chi connectivity index (χ0n) is 25.1. The number of benzene rings is 7. The van der Waals surface area contributed by atoms with Crippen LogP contribution in [-0.4, -0.2) is 4.57 Å². The molecule has 1 aromatic heterocycles. The molecule has 4 heteroatoms. The van der Waals surface area contributed by atoms with Gasteiger partial charge in [-0.1, -0.05) is 115 Å². The van der Waals surface area contributed by atoms with Crippen molar-refractivity contribution < 1.29 is 0 Å². The first-order valence-corrected chi connectivity index (χ1v) is 16.9. The molecule has 3 nitrogen and oxygen atoms in total. The SMILES string of the molecule is c1ccc(N2c3ccc(-c4ccc5c(c4)c4ccccc4n5-c4ccccc4)cc3N(c3ccccc3)P2c2ccccc2)cc1. The van der Waals surface area contributed by atoms with Crippen LogP contribution in [0.25, 0.3) is 38.6 Å². The van der Waals surface area contributed by atoms with Crippen LogP contribution in [0.4, 0.5) is 22.7 Å². The van der Waals surface area contributed by atoms with E-state index in [-0.39, 0.29) is 0 Å². The van der Waals surface area contributed by atoms with Crippen LogP contribution in [0, 0.1) is 0 Å². The first kappa shape index (κ1) is 26.7. The second kappa shape index (κ2) is 11.1. The lowest BCUT2D eigenvalue weighted by atomic mass is 10.0. The predicted molar refractivity (Wildman–Crippen MR) is 196 cm³/mol. The van der Waals surface area contributed by atoms with Gasteiger partial charge in [-0.15, -0.1) is 0 Å². The maximum absolute atomic E-state index is 2.55. The Morgan fingerprint density at radius 1 is 0.348 bits per heavy atom. The molecule has 0 aliphatic carbocycles. The molecular weight excluding hydrogens is 577 g/mol. The number of aromatic nitrogens is 1. The van der Waals surface area contributed by atoms with Gasteiger partial charge in [0.2, 0.25) is 0 Å². The molecule has 1 atom stereocenters. The number of fused-ring (bicyclic) bond motifs is 4. The second-order valence-corrected chi connectivity index (χ2v) is 13.4. The highest BCUT2D eigenvalue weighted by atomic mass is 31.1. The summed E-state index contributed by atoms with van der Waals surface area (Å²) in [7, 11) is -0.939. The minimum absolute atomic E-state index is 0.939. The summed E-state index contributed by atoms with van der Waals surface area (Å²) in [6.45, 7) is 0. The largest absolute Gasteiger partial charge is 0.309 e. The maximum Gasteiger partial charge on any atom is 0.138 e. The molecule has 2 heterocycles. The Kier molecular flexibility index (Phi) is 6.43. The fourth-order valence-corrected chi connectivity index (χ4v) is 9.30. The molecule has 0 spiro atoms. The summed E-state index contributed by atoms with van der Waals surface area (Å²) in [6, 6.07) is 65.9. The van der Waals surface area contributed by atoms with Crippen molar-refractivity contribution in [3.8, 4) is 16.8 Å². The Morgan fingerprint density at radius 3 is 1.52 bits per heavy atom. The van der Waals surface area contributed by atoms with Gasteiger partial charge in [-0.3, -0.25) is 9.34 Å². The third-order valence-electron chi connectivity index (χ3n) is 8.82. The molecule has 8 aromatic rings. The molecular formula is C42H30N3P. The lowest BCUT2D eigenvalue weighted by Gasteiger charge is -2.32. The van der Waals surface area contributed by atoms with Crippen molar-refractivity contribution in [2.45, 2.75) is 0 Å². The van der Waals surface area contributed by atoms with E-state index in [1.54, 1.807) is 0 Å². The highest BCUT2D eigenvalue weighted by Gasteiger charge is 2.39. The van der Waals surface area contributed by atoms with E-state index in [1.807, 2.05) is 0 Å².